The van der Waals surface area contributed by atoms with Crippen molar-refractivity contribution in [3.63, 3.8) is 0 Å². The van der Waals surface area contributed by atoms with Crippen molar-refractivity contribution in [2.24, 2.45) is 0 Å². The summed E-state index contributed by atoms with van der Waals surface area (Å²) in [6, 6.07) is 9.53. The number of ether oxygens (including phenoxy) is 2. The molecule has 0 spiro atoms. The topological polar surface area (TPSA) is 68.0 Å². The Morgan fingerprint density at radius 3 is 2.50 bits per heavy atom. The maximum absolute atomic E-state index is 8.76. The van der Waals surface area contributed by atoms with Crippen LogP contribution in [0.3, 0.4) is 0 Å². The van der Waals surface area contributed by atoms with Crippen molar-refractivity contribution >= 4 is 0 Å². The van der Waals surface area contributed by atoms with Gasteiger partial charge in [-0.2, -0.15) is 5.26 Å². The third-order valence-corrected chi connectivity index (χ3v) is 2.82. The minimum absolute atomic E-state index is 0.196. The summed E-state index contributed by atoms with van der Waals surface area (Å²) in [5, 5.41) is 8.76. The number of nitriles is 1. The second-order valence-electron chi connectivity index (χ2n) is 4.22. The first-order chi connectivity index (χ1) is 9.67. The van der Waals surface area contributed by atoms with E-state index in [1.165, 1.54) is 0 Å². The average molecular weight is 269 g/mol. The Hall–Kier alpha value is -2.61. The number of methoxy groups -OCH3 is 2. The first-order valence-corrected chi connectivity index (χ1v) is 6.12. The third kappa shape index (κ3) is 2.86. The number of nitrogens with zero attached hydrogens (tertiary/aromatic N) is 3. The van der Waals surface area contributed by atoms with E-state index in [2.05, 4.69) is 16.0 Å². The summed E-state index contributed by atoms with van der Waals surface area (Å²) in [6.45, 7) is 1.88. The van der Waals surface area contributed by atoms with Gasteiger partial charge in [-0.25, -0.2) is 9.97 Å². The predicted octanol–water partition coefficient (Wildman–Crippen LogP) is 2.54. The van der Waals surface area contributed by atoms with Crippen molar-refractivity contribution in [1.82, 2.24) is 9.97 Å². The van der Waals surface area contributed by atoms with Crippen molar-refractivity contribution < 1.29 is 9.47 Å². The van der Waals surface area contributed by atoms with Gasteiger partial charge in [-0.15, -0.1) is 0 Å². The van der Waals surface area contributed by atoms with E-state index < -0.39 is 0 Å². The first kappa shape index (κ1) is 13.8. The van der Waals surface area contributed by atoms with Gasteiger partial charge < -0.3 is 9.47 Å². The van der Waals surface area contributed by atoms with Crippen LogP contribution in [-0.2, 0) is 6.42 Å². The highest BCUT2D eigenvalue weighted by Crippen LogP contribution is 2.31. The Bertz CT molecular complexity index is 663. The van der Waals surface area contributed by atoms with E-state index in [-0.39, 0.29) is 6.42 Å². The minimum atomic E-state index is 0.196. The summed E-state index contributed by atoms with van der Waals surface area (Å²) in [6.07, 6.45) is 0.196. The van der Waals surface area contributed by atoms with Crippen LogP contribution in [0.4, 0.5) is 0 Å². The van der Waals surface area contributed by atoms with Gasteiger partial charge in [0.05, 0.1) is 32.4 Å². The molecule has 1 heterocycles. The summed E-state index contributed by atoms with van der Waals surface area (Å²) in [4.78, 5) is 8.63. The van der Waals surface area contributed by atoms with Gasteiger partial charge in [0, 0.05) is 11.3 Å². The van der Waals surface area contributed by atoms with E-state index in [0.29, 0.717) is 17.3 Å². The molecule has 0 atom stereocenters. The Morgan fingerprint density at radius 1 is 1.10 bits per heavy atom. The summed E-state index contributed by atoms with van der Waals surface area (Å²) >= 11 is 0. The molecule has 0 N–H and O–H groups in total. The van der Waals surface area contributed by atoms with Gasteiger partial charge in [-0.05, 0) is 31.2 Å². The Balaban J connectivity index is 2.48. The molecule has 0 aliphatic heterocycles. The van der Waals surface area contributed by atoms with E-state index in [1.807, 2.05) is 31.2 Å². The molecule has 102 valence electrons. The van der Waals surface area contributed by atoms with Gasteiger partial charge in [0.1, 0.15) is 5.82 Å². The van der Waals surface area contributed by atoms with Gasteiger partial charge >= 0.3 is 0 Å². The van der Waals surface area contributed by atoms with Crippen LogP contribution < -0.4 is 9.47 Å². The first-order valence-electron chi connectivity index (χ1n) is 6.12. The number of hydrogen-bond acceptors (Lipinski definition) is 5. The lowest BCUT2D eigenvalue weighted by molar-refractivity contribution is 0.355. The number of aromatic nitrogens is 2. The van der Waals surface area contributed by atoms with Crippen LogP contribution in [0.5, 0.6) is 11.5 Å². The van der Waals surface area contributed by atoms with Crippen molar-refractivity contribution in [2.45, 2.75) is 13.3 Å². The molecule has 1 aromatic carbocycles. The Labute approximate surface area is 117 Å². The second-order valence-corrected chi connectivity index (χ2v) is 4.22. The highest BCUT2D eigenvalue weighted by molar-refractivity contribution is 5.64. The van der Waals surface area contributed by atoms with Crippen LogP contribution in [0, 0.1) is 18.3 Å². The molecule has 5 heteroatoms. The lowest BCUT2D eigenvalue weighted by Crippen LogP contribution is -1.98. The molecule has 0 aliphatic rings. The molecule has 0 radical (unpaired) electrons. The van der Waals surface area contributed by atoms with Crippen molar-refractivity contribution in [3.05, 3.63) is 35.8 Å². The van der Waals surface area contributed by atoms with Gasteiger partial charge in [0.25, 0.3) is 0 Å². The Morgan fingerprint density at radius 2 is 1.85 bits per heavy atom. The normalized spacial score (nSPS) is 9.90. The fourth-order valence-electron chi connectivity index (χ4n) is 1.92. The molecule has 0 fully saturated rings. The summed E-state index contributed by atoms with van der Waals surface area (Å²) < 4.78 is 10.5. The lowest BCUT2D eigenvalue weighted by atomic mass is 10.1. The van der Waals surface area contributed by atoms with Crippen molar-refractivity contribution in [3.8, 4) is 28.8 Å². The Kier molecular flexibility index (Phi) is 4.16. The zero-order valence-corrected chi connectivity index (χ0v) is 11.7. The number of rotatable bonds is 4. The van der Waals surface area contributed by atoms with Gasteiger partial charge in [0.2, 0.25) is 0 Å². The van der Waals surface area contributed by atoms with Crippen LogP contribution in [0.25, 0.3) is 11.3 Å². The molecule has 0 unspecified atom stereocenters. The summed E-state index contributed by atoms with van der Waals surface area (Å²) in [7, 11) is 3.19. The van der Waals surface area contributed by atoms with Crippen LogP contribution in [0.1, 0.15) is 11.5 Å². The van der Waals surface area contributed by atoms with E-state index in [1.54, 1.807) is 14.2 Å². The van der Waals surface area contributed by atoms with Crippen molar-refractivity contribution in [2.75, 3.05) is 14.2 Å². The van der Waals surface area contributed by atoms with Gasteiger partial charge in [0.15, 0.2) is 11.5 Å². The zero-order valence-electron chi connectivity index (χ0n) is 11.7. The maximum atomic E-state index is 8.76. The SMILES string of the molecule is COc1ccc(-c2cc(C)nc(CC#N)n2)cc1OC. The molecule has 0 amide bonds. The van der Waals surface area contributed by atoms with Crippen LogP contribution in [0.2, 0.25) is 0 Å². The molecule has 1 aromatic heterocycles. The summed E-state index contributed by atoms with van der Waals surface area (Å²) in [5.41, 5.74) is 2.49. The van der Waals surface area contributed by atoms with Crippen LogP contribution in [-0.4, -0.2) is 24.2 Å². The van der Waals surface area contributed by atoms with E-state index in [4.69, 9.17) is 14.7 Å². The molecule has 0 bridgehead atoms. The zero-order chi connectivity index (χ0) is 14.5. The molecule has 0 saturated carbocycles. The molecule has 0 saturated heterocycles. The van der Waals surface area contributed by atoms with E-state index in [0.717, 1.165) is 17.0 Å². The molecular weight excluding hydrogens is 254 g/mol. The van der Waals surface area contributed by atoms with E-state index in [9.17, 15) is 0 Å². The van der Waals surface area contributed by atoms with Gasteiger partial charge in [-0.1, -0.05) is 0 Å². The van der Waals surface area contributed by atoms with Gasteiger partial charge in [-0.3, -0.25) is 0 Å². The standard InChI is InChI=1S/C15H15N3O2/c1-10-8-12(18-15(17-10)6-7-16)11-4-5-13(19-2)14(9-11)20-3/h4-5,8-9H,6H2,1-3H3. The smallest absolute Gasteiger partial charge is 0.161 e. The maximum Gasteiger partial charge on any atom is 0.161 e. The fraction of sp³-hybridized carbons (Fsp3) is 0.267. The summed E-state index contributed by atoms with van der Waals surface area (Å²) in [5.74, 6) is 1.83. The molecule has 2 rings (SSSR count). The van der Waals surface area contributed by atoms with Crippen LogP contribution >= 0.6 is 0 Å². The molecular formula is C15H15N3O2. The number of benzene rings is 1. The highest BCUT2D eigenvalue weighted by Gasteiger charge is 2.09. The quantitative estimate of drug-likeness (QED) is 0.853. The minimum Gasteiger partial charge on any atom is -0.493 e. The number of aryl methyl sites for hydroxylation is 1. The lowest BCUT2D eigenvalue weighted by Gasteiger charge is -2.10. The predicted molar refractivity (Wildman–Crippen MR) is 74.6 cm³/mol. The second kappa shape index (κ2) is 6.02. The number of hydrogen-bond donors (Lipinski definition) is 0. The largest absolute Gasteiger partial charge is 0.493 e. The molecule has 2 aromatic rings. The fourth-order valence-corrected chi connectivity index (χ4v) is 1.92. The molecule has 5 nitrogen and oxygen atoms in total. The highest BCUT2D eigenvalue weighted by atomic mass is 16.5. The van der Waals surface area contributed by atoms with E-state index >= 15 is 0 Å². The van der Waals surface area contributed by atoms with Crippen LogP contribution in [0.15, 0.2) is 24.3 Å². The molecule has 20 heavy (non-hydrogen) atoms. The molecule has 0 aliphatic carbocycles. The average Bonchev–Trinajstić information content (AvgIpc) is 2.46. The third-order valence-electron chi connectivity index (χ3n) is 2.82. The monoisotopic (exact) mass is 269 g/mol. The van der Waals surface area contributed by atoms with Crippen molar-refractivity contribution in [1.29, 1.82) is 5.26 Å².